The molecule has 0 aliphatic heterocycles. The van der Waals surface area contributed by atoms with Crippen molar-refractivity contribution in [1.29, 1.82) is 0 Å². The van der Waals surface area contributed by atoms with Crippen molar-refractivity contribution >= 4 is 22.1 Å². The third-order valence-electron chi connectivity index (χ3n) is 3.36. The van der Waals surface area contributed by atoms with Crippen LogP contribution in [0, 0.1) is 0 Å². The highest BCUT2D eigenvalue weighted by Gasteiger charge is 2.20. The van der Waals surface area contributed by atoms with Gasteiger partial charge in [-0.25, -0.2) is 4.98 Å². The number of benzene rings is 1. The van der Waals surface area contributed by atoms with Crippen molar-refractivity contribution in [1.82, 2.24) is 14.6 Å². The highest BCUT2D eigenvalue weighted by molar-refractivity contribution is 7.18. The molecule has 1 aromatic carbocycles. The Hall–Kier alpha value is -2.54. The molecular weight excluding hydrogens is 290 g/mol. The molecule has 1 aliphatic carbocycles. The van der Waals surface area contributed by atoms with E-state index in [0.29, 0.717) is 22.3 Å². The first-order valence-electron chi connectivity index (χ1n) is 6.39. The van der Waals surface area contributed by atoms with Gasteiger partial charge in [-0.1, -0.05) is 0 Å². The fourth-order valence-electron chi connectivity index (χ4n) is 2.36. The number of Topliss-reactive ketones (excluding diaryl/α,β-unsaturated/α-hetero) is 1. The van der Waals surface area contributed by atoms with Crippen molar-refractivity contribution in [3.05, 3.63) is 51.9 Å². The molecule has 104 valence electrons. The number of rotatable bonds is 2. The zero-order valence-corrected chi connectivity index (χ0v) is 11.6. The Labute approximate surface area is 122 Å². The summed E-state index contributed by atoms with van der Waals surface area (Å²) in [5.41, 5.74) is 1.52. The number of nitrogens with zero attached hydrogens (tertiary/aromatic N) is 3. The summed E-state index contributed by atoms with van der Waals surface area (Å²) < 4.78 is 6.88. The van der Waals surface area contributed by atoms with E-state index in [9.17, 15) is 9.59 Å². The predicted molar refractivity (Wildman–Crippen MR) is 76.3 cm³/mol. The van der Waals surface area contributed by atoms with Gasteiger partial charge in [-0.15, -0.1) is 5.10 Å². The number of carbonyl (C=O) groups excluding carboxylic acids is 1. The summed E-state index contributed by atoms with van der Waals surface area (Å²) >= 11 is 1.19. The van der Waals surface area contributed by atoms with E-state index in [1.54, 1.807) is 12.1 Å². The van der Waals surface area contributed by atoms with Gasteiger partial charge >= 0.3 is 0 Å². The molecule has 21 heavy (non-hydrogen) atoms. The molecule has 0 atom stereocenters. The second kappa shape index (κ2) is 4.49. The molecule has 2 aromatic heterocycles. The van der Waals surface area contributed by atoms with Crippen LogP contribution in [0.2, 0.25) is 0 Å². The summed E-state index contributed by atoms with van der Waals surface area (Å²) in [5.74, 6) is 0.780. The summed E-state index contributed by atoms with van der Waals surface area (Å²) in [6.45, 7) is 0. The lowest BCUT2D eigenvalue weighted by molar-refractivity contribution is 0.0994. The minimum absolute atomic E-state index is 0.173. The summed E-state index contributed by atoms with van der Waals surface area (Å²) in [6, 6.07) is 6.71. The molecular formula is C14H9N3O3S. The predicted octanol–water partition coefficient (Wildman–Crippen LogP) is 2.07. The third kappa shape index (κ3) is 2.02. The van der Waals surface area contributed by atoms with Crippen LogP contribution < -0.4 is 10.3 Å². The Morgan fingerprint density at radius 3 is 2.95 bits per heavy atom. The zero-order chi connectivity index (χ0) is 14.4. The Balaban J connectivity index is 1.70. The SMILES string of the molecule is O=C1CCc2cc(Oc3nn4c(=O)ccnc4s3)ccc21. The Morgan fingerprint density at radius 2 is 2.10 bits per heavy atom. The topological polar surface area (TPSA) is 73.6 Å². The van der Waals surface area contributed by atoms with Gasteiger partial charge in [0.2, 0.25) is 4.96 Å². The minimum Gasteiger partial charge on any atom is -0.430 e. The zero-order valence-electron chi connectivity index (χ0n) is 10.8. The second-order valence-corrected chi connectivity index (χ2v) is 5.61. The lowest BCUT2D eigenvalue weighted by atomic mass is 10.1. The standard InChI is InChI=1S/C14H9N3O3S/c18-11-4-1-8-7-9(2-3-10(8)11)20-14-16-17-12(19)5-6-15-13(17)21-14/h2-3,5-7H,1,4H2. The molecule has 0 saturated heterocycles. The molecule has 0 spiro atoms. The monoisotopic (exact) mass is 299 g/mol. The van der Waals surface area contributed by atoms with Gasteiger partial charge in [0.1, 0.15) is 5.75 Å². The highest BCUT2D eigenvalue weighted by atomic mass is 32.1. The number of carbonyl (C=O) groups is 1. The average Bonchev–Trinajstić information content (AvgIpc) is 3.04. The Morgan fingerprint density at radius 1 is 1.19 bits per heavy atom. The number of ketones is 1. The molecule has 4 rings (SSSR count). The highest BCUT2D eigenvalue weighted by Crippen LogP contribution is 2.30. The Bertz CT molecular complexity index is 929. The van der Waals surface area contributed by atoms with Gasteiger partial charge in [0.05, 0.1) is 0 Å². The number of hydrogen-bond acceptors (Lipinski definition) is 6. The normalized spacial score (nSPS) is 13.6. The van der Waals surface area contributed by atoms with Crippen LogP contribution >= 0.6 is 11.3 Å². The molecule has 0 amide bonds. The number of hydrogen-bond donors (Lipinski definition) is 0. The van der Waals surface area contributed by atoms with Crippen LogP contribution in [0.15, 0.2) is 35.3 Å². The number of fused-ring (bicyclic) bond motifs is 2. The minimum atomic E-state index is -0.245. The molecule has 0 fully saturated rings. The lowest BCUT2D eigenvalue weighted by Gasteiger charge is -2.03. The quantitative estimate of drug-likeness (QED) is 0.724. The van der Waals surface area contributed by atoms with Gasteiger partial charge < -0.3 is 4.74 Å². The maximum atomic E-state index is 11.6. The maximum Gasteiger partial charge on any atom is 0.299 e. The van der Waals surface area contributed by atoms with Crippen LogP contribution in [0.4, 0.5) is 0 Å². The van der Waals surface area contributed by atoms with Gasteiger partial charge in [-0.2, -0.15) is 4.52 Å². The van der Waals surface area contributed by atoms with Gasteiger partial charge in [0, 0.05) is 24.2 Å². The van der Waals surface area contributed by atoms with Crippen LogP contribution in [0.3, 0.4) is 0 Å². The molecule has 0 unspecified atom stereocenters. The van der Waals surface area contributed by atoms with E-state index in [2.05, 4.69) is 10.1 Å². The molecule has 0 N–H and O–H groups in total. The van der Waals surface area contributed by atoms with Crippen molar-refractivity contribution in [2.45, 2.75) is 12.8 Å². The Kier molecular flexibility index (Phi) is 2.61. The van der Waals surface area contributed by atoms with E-state index < -0.39 is 0 Å². The van der Waals surface area contributed by atoms with Crippen LogP contribution in [-0.4, -0.2) is 20.4 Å². The largest absolute Gasteiger partial charge is 0.430 e. The fourth-order valence-corrected chi connectivity index (χ4v) is 3.11. The first kappa shape index (κ1) is 12.2. The first-order valence-corrected chi connectivity index (χ1v) is 7.21. The van der Waals surface area contributed by atoms with Crippen LogP contribution in [0.1, 0.15) is 22.3 Å². The van der Waals surface area contributed by atoms with Crippen molar-refractivity contribution in [2.24, 2.45) is 0 Å². The number of aromatic nitrogens is 3. The molecule has 0 radical (unpaired) electrons. The molecule has 6 nitrogen and oxygen atoms in total. The second-order valence-electron chi connectivity index (χ2n) is 4.69. The van der Waals surface area contributed by atoms with E-state index in [1.165, 1.54) is 28.1 Å². The summed E-state index contributed by atoms with van der Waals surface area (Å²) in [5, 5.41) is 4.43. The number of aryl methyl sites for hydroxylation is 1. The summed E-state index contributed by atoms with van der Waals surface area (Å²) in [6.07, 6.45) is 2.74. The summed E-state index contributed by atoms with van der Waals surface area (Å²) in [7, 11) is 0. The molecule has 7 heteroatoms. The molecule has 2 heterocycles. The molecule has 3 aromatic rings. The summed E-state index contributed by atoms with van der Waals surface area (Å²) in [4.78, 5) is 27.7. The van der Waals surface area contributed by atoms with Crippen LogP contribution in [0.5, 0.6) is 10.9 Å². The van der Waals surface area contributed by atoms with Crippen LogP contribution in [0.25, 0.3) is 4.96 Å². The van der Waals surface area contributed by atoms with E-state index in [4.69, 9.17) is 4.74 Å². The third-order valence-corrected chi connectivity index (χ3v) is 4.16. The van der Waals surface area contributed by atoms with Crippen LogP contribution in [-0.2, 0) is 6.42 Å². The van der Waals surface area contributed by atoms with E-state index in [1.807, 2.05) is 6.07 Å². The lowest BCUT2D eigenvalue weighted by Crippen LogP contribution is -2.12. The maximum absolute atomic E-state index is 11.6. The van der Waals surface area contributed by atoms with Gasteiger partial charge in [-0.3, -0.25) is 9.59 Å². The van der Waals surface area contributed by atoms with E-state index in [-0.39, 0.29) is 11.3 Å². The van der Waals surface area contributed by atoms with Crippen molar-refractivity contribution in [3.63, 3.8) is 0 Å². The van der Waals surface area contributed by atoms with E-state index >= 15 is 0 Å². The molecule has 0 saturated carbocycles. The van der Waals surface area contributed by atoms with Crippen molar-refractivity contribution < 1.29 is 9.53 Å². The smallest absolute Gasteiger partial charge is 0.299 e. The van der Waals surface area contributed by atoms with E-state index in [0.717, 1.165) is 17.5 Å². The van der Waals surface area contributed by atoms with Gasteiger partial charge in [0.15, 0.2) is 5.78 Å². The fraction of sp³-hybridized carbons (Fsp3) is 0.143. The number of ether oxygens (including phenoxy) is 1. The first-order chi connectivity index (χ1) is 10.2. The molecule has 1 aliphatic rings. The van der Waals surface area contributed by atoms with Gasteiger partial charge in [0.25, 0.3) is 10.8 Å². The average molecular weight is 299 g/mol. The van der Waals surface area contributed by atoms with Gasteiger partial charge in [-0.05, 0) is 41.5 Å². The van der Waals surface area contributed by atoms with Crippen molar-refractivity contribution in [3.8, 4) is 10.9 Å². The molecule has 0 bridgehead atoms. The van der Waals surface area contributed by atoms with Crippen molar-refractivity contribution in [2.75, 3.05) is 0 Å².